The van der Waals surface area contributed by atoms with E-state index in [2.05, 4.69) is 16.5 Å². The van der Waals surface area contributed by atoms with E-state index in [1.807, 2.05) is 30.5 Å². The SMILES string of the molecule is CC1CCc2cnc(-c3ccccc3Cl)n2C1. The second-order valence-electron chi connectivity index (χ2n) is 4.81. The van der Waals surface area contributed by atoms with Crippen molar-refractivity contribution in [2.75, 3.05) is 0 Å². The number of aryl methyl sites for hydroxylation is 1. The van der Waals surface area contributed by atoms with Crippen LogP contribution in [0.2, 0.25) is 5.02 Å². The van der Waals surface area contributed by atoms with Crippen molar-refractivity contribution in [1.29, 1.82) is 0 Å². The summed E-state index contributed by atoms with van der Waals surface area (Å²) in [6.45, 7) is 3.34. The van der Waals surface area contributed by atoms with Crippen LogP contribution in [0.25, 0.3) is 11.4 Å². The van der Waals surface area contributed by atoms with Crippen molar-refractivity contribution in [2.24, 2.45) is 5.92 Å². The predicted molar refractivity (Wildman–Crippen MR) is 70.2 cm³/mol. The lowest BCUT2D eigenvalue weighted by Crippen LogP contribution is -2.18. The molecule has 2 heterocycles. The molecule has 0 saturated heterocycles. The van der Waals surface area contributed by atoms with Crippen molar-refractivity contribution in [3.05, 3.63) is 41.2 Å². The Balaban J connectivity index is 2.11. The lowest BCUT2D eigenvalue weighted by Gasteiger charge is -2.22. The Morgan fingerprint density at radius 2 is 2.18 bits per heavy atom. The van der Waals surface area contributed by atoms with Crippen LogP contribution in [0.3, 0.4) is 0 Å². The monoisotopic (exact) mass is 246 g/mol. The largest absolute Gasteiger partial charge is 0.328 e. The van der Waals surface area contributed by atoms with Gasteiger partial charge in [0.05, 0.1) is 5.02 Å². The highest BCUT2D eigenvalue weighted by atomic mass is 35.5. The second-order valence-corrected chi connectivity index (χ2v) is 5.21. The minimum atomic E-state index is 0.720. The van der Waals surface area contributed by atoms with Crippen LogP contribution >= 0.6 is 11.6 Å². The Hall–Kier alpha value is -1.28. The molecule has 0 N–H and O–H groups in total. The molecule has 1 aliphatic heterocycles. The highest BCUT2D eigenvalue weighted by Gasteiger charge is 2.20. The number of halogens is 1. The number of aromatic nitrogens is 2. The van der Waals surface area contributed by atoms with E-state index in [4.69, 9.17) is 11.6 Å². The molecule has 1 aromatic heterocycles. The smallest absolute Gasteiger partial charge is 0.141 e. The third kappa shape index (κ3) is 1.87. The Morgan fingerprint density at radius 3 is 3.00 bits per heavy atom. The first-order valence-corrected chi connectivity index (χ1v) is 6.43. The summed E-state index contributed by atoms with van der Waals surface area (Å²) < 4.78 is 2.31. The minimum absolute atomic E-state index is 0.720. The molecule has 0 aliphatic carbocycles. The molecule has 1 aliphatic rings. The lowest BCUT2D eigenvalue weighted by molar-refractivity contribution is 0.402. The first-order valence-electron chi connectivity index (χ1n) is 6.05. The van der Waals surface area contributed by atoms with Crippen molar-refractivity contribution in [3.63, 3.8) is 0 Å². The molecule has 0 bridgehead atoms. The van der Waals surface area contributed by atoms with Gasteiger partial charge in [-0.3, -0.25) is 0 Å². The standard InChI is InChI=1S/C14H15ClN2/c1-10-6-7-11-8-16-14(17(11)9-10)12-4-2-3-5-13(12)15/h2-5,8,10H,6-7,9H2,1H3. The van der Waals surface area contributed by atoms with E-state index in [0.717, 1.165) is 35.3 Å². The number of benzene rings is 1. The quantitative estimate of drug-likeness (QED) is 0.749. The predicted octanol–water partition coefficient (Wildman–Crippen LogP) is 3.79. The van der Waals surface area contributed by atoms with E-state index in [0.29, 0.717) is 0 Å². The van der Waals surface area contributed by atoms with Crippen molar-refractivity contribution < 1.29 is 0 Å². The molecule has 2 aromatic rings. The van der Waals surface area contributed by atoms with Gasteiger partial charge in [-0.15, -0.1) is 0 Å². The van der Waals surface area contributed by atoms with Gasteiger partial charge in [0.25, 0.3) is 0 Å². The molecule has 1 aromatic carbocycles. The van der Waals surface area contributed by atoms with Crippen LogP contribution in [0, 0.1) is 5.92 Å². The van der Waals surface area contributed by atoms with Crippen LogP contribution in [0.4, 0.5) is 0 Å². The van der Waals surface area contributed by atoms with Crippen LogP contribution in [0.1, 0.15) is 19.0 Å². The molecule has 88 valence electrons. The van der Waals surface area contributed by atoms with Gasteiger partial charge < -0.3 is 4.57 Å². The van der Waals surface area contributed by atoms with Crippen LogP contribution in [0.5, 0.6) is 0 Å². The fourth-order valence-corrected chi connectivity index (χ4v) is 2.69. The van der Waals surface area contributed by atoms with Gasteiger partial charge >= 0.3 is 0 Å². The number of hydrogen-bond donors (Lipinski definition) is 0. The minimum Gasteiger partial charge on any atom is -0.328 e. The number of fused-ring (bicyclic) bond motifs is 1. The van der Waals surface area contributed by atoms with Crippen LogP contribution in [-0.4, -0.2) is 9.55 Å². The molecule has 0 amide bonds. The van der Waals surface area contributed by atoms with E-state index in [-0.39, 0.29) is 0 Å². The van der Waals surface area contributed by atoms with Gasteiger partial charge in [-0.25, -0.2) is 4.98 Å². The average molecular weight is 247 g/mol. The average Bonchev–Trinajstić information content (AvgIpc) is 2.72. The van der Waals surface area contributed by atoms with Gasteiger partial charge in [0.15, 0.2) is 0 Å². The molecule has 0 radical (unpaired) electrons. The number of imidazole rings is 1. The summed E-state index contributed by atoms with van der Waals surface area (Å²) in [7, 11) is 0. The van der Waals surface area contributed by atoms with Crippen molar-refractivity contribution in [1.82, 2.24) is 9.55 Å². The summed E-state index contributed by atoms with van der Waals surface area (Å²) >= 11 is 6.24. The highest BCUT2D eigenvalue weighted by Crippen LogP contribution is 2.30. The molecular formula is C14H15ClN2. The van der Waals surface area contributed by atoms with Gasteiger partial charge in [-0.05, 0) is 30.9 Å². The maximum Gasteiger partial charge on any atom is 0.141 e. The van der Waals surface area contributed by atoms with Crippen molar-refractivity contribution in [3.8, 4) is 11.4 Å². The van der Waals surface area contributed by atoms with Gasteiger partial charge in [-0.1, -0.05) is 30.7 Å². The molecule has 0 fully saturated rings. The number of rotatable bonds is 1. The molecule has 2 nitrogen and oxygen atoms in total. The third-order valence-electron chi connectivity index (χ3n) is 3.44. The molecule has 1 atom stereocenters. The third-order valence-corrected chi connectivity index (χ3v) is 3.77. The zero-order valence-corrected chi connectivity index (χ0v) is 10.6. The van der Waals surface area contributed by atoms with E-state index >= 15 is 0 Å². The Kier molecular flexibility index (Phi) is 2.67. The highest BCUT2D eigenvalue weighted by molar-refractivity contribution is 6.33. The van der Waals surface area contributed by atoms with Gasteiger partial charge in [0, 0.05) is 24.0 Å². The summed E-state index contributed by atoms with van der Waals surface area (Å²) in [5.74, 6) is 1.73. The number of nitrogens with zero attached hydrogens (tertiary/aromatic N) is 2. The van der Waals surface area contributed by atoms with Gasteiger partial charge in [0.1, 0.15) is 5.82 Å². The fourth-order valence-electron chi connectivity index (χ4n) is 2.47. The molecule has 1 unspecified atom stereocenters. The summed E-state index contributed by atoms with van der Waals surface area (Å²) in [4.78, 5) is 4.54. The number of hydrogen-bond acceptors (Lipinski definition) is 1. The maximum atomic E-state index is 6.24. The molecule has 0 spiro atoms. The zero-order chi connectivity index (χ0) is 11.8. The summed E-state index contributed by atoms with van der Waals surface area (Å²) in [6, 6.07) is 7.92. The Morgan fingerprint density at radius 1 is 1.35 bits per heavy atom. The normalized spacial score (nSPS) is 19.1. The fraction of sp³-hybridized carbons (Fsp3) is 0.357. The lowest BCUT2D eigenvalue weighted by atomic mass is 10.00. The van der Waals surface area contributed by atoms with Gasteiger partial charge in [0.2, 0.25) is 0 Å². The summed E-state index contributed by atoms with van der Waals surface area (Å²) in [6.07, 6.45) is 4.37. The van der Waals surface area contributed by atoms with Gasteiger partial charge in [-0.2, -0.15) is 0 Å². The summed E-state index contributed by atoms with van der Waals surface area (Å²) in [5, 5.41) is 0.777. The topological polar surface area (TPSA) is 17.8 Å². The van der Waals surface area contributed by atoms with E-state index in [1.165, 1.54) is 12.1 Å². The molecular weight excluding hydrogens is 232 g/mol. The first-order chi connectivity index (χ1) is 8.25. The first kappa shape index (κ1) is 10.8. The van der Waals surface area contributed by atoms with Crippen molar-refractivity contribution >= 4 is 11.6 Å². The maximum absolute atomic E-state index is 6.24. The van der Waals surface area contributed by atoms with E-state index in [9.17, 15) is 0 Å². The van der Waals surface area contributed by atoms with E-state index < -0.39 is 0 Å². The molecule has 3 heteroatoms. The molecule has 17 heavy (non-hydrogen) atoms. The molecule has 3 rings (SSSR count). The summed E-state index contributed by atoms with van der Waals surface area (Å²) in [5.41, 5.74) is 2.37. The van der Waals surface area contributed by atoms with E-state index in [1.54, 1.807) is 0 Å². The Bertz CT molecular complexity index is 545. The molecule has 0 saturated carbocycles. The van der Waals surface area contributed by atoms with Crippen LogP contribution in [-0.2, 0) is 13.0 Å². The van der Waals surface area contributed by atoms with Crippen LogP contribution in [0.15, 0.2) is 30.5 Å². The Labute approximate surface area is 106 Å². The van der Waals surface area contributed by atoms with Crippen molar-refractivity contribution in [2.45, 2.75) is 26.3 Å². The second kappa shape index (κ2) is 4.19. The van der Waals surface area contributed by atoms with Crippen LogP contribution < -0.4 is 0 Å². The zero-order valence-electron chi connectivity index (χ0n) is 9.86.